The molecular formula is C23H45N2O2+. The molecular weight excluding hydrogens is 336 g/mol. The molecule has 1 unspecified atom stereocenters. The van der Waals surface area contributed by atoms with Crippen LogP contribution in [0.4, 0.5) is 0 Å². The molecule has 1 atom stereocenters. The largest absolute Gasteiger partial charge is 0.295 e. The molecule has 0 aromatic carbocycles. The highest BCUT2D eigenvalue weighted by Gasteiger charge is 2.32. The molecule has 1 rings (SSSR count). The summed E-state index contributed by atoms with van der Waals surface area (Å²) in [7, 11) is 0. The zero-order chi connectivity index (χ0) is 19.6. The third kappa shape index (κ3) is 13.8. The van der Waals surface area contributed by atoms with E-state index in [0.717, 1.165) is 17.6 Å². The number of carbonyl (C=O) groups excluding carboxylic acids is 1. The van der Waals surface area contributed by atoms with E-state index < -0.39 is 0 Å². The summed E-state index contributed by atoms with van der Waals surface area (Å²) in [6.45, 7) is 2.84. The van der Waals surface area contributed by atoms with Gasteiger partial charge in [-0.3, -0.25) is 10.1 Å². The number of rotatable bonds is 19. The van der Waals surface area contributed by atoms with E-state index in [1.807, 2.05) is 0 Å². The SMILES string of the molecule is CCCCCCCCCCCCCCCCCCC[N+](=O)C1CCC(=O)N1. The molecule has 1 saturated heterocycles. The molecule has 0 aromatic rings. The number of nitrogens with zero attached hydrogens (tertiary/aromatic N) is 1. The zero-order valence-corrected chi connectivity index (χ0v) is 18.0. The van der Waals surface area contributed by atoms with E-state index in [4.69, 9.17) is 0 Å². The maximum Gasteiger partial charge on any atom is 0.276 e. The van der Waals surface area contributed by atoms with Gasteiger partial charge in [0.05, 0.1) is 0 Å². The van der Waals surface area contributed by atoms with E-state index in [-0.39, 0.29) is 12.1 Å². The Hall–Kier alpha value is -0.930. The maximum absolute atomic E-state index is 11.9. The quantitative estimate of drug-likeness (QED) is 0.201. The van der Waals surface area contributed by atoms with Gasteiger partial charge in [-0.15, -0.1) is 0 Å². The first-order chi connectivity index (χ1) is 13.2. The van der Waals surface area contributed by atoms with Crippen LogP contribution in [0, 0.1) is 4.91 Å². The van der Waals surface area contributed by atoms with Crippen LogP contribution >= 0.6 is 0 Å². The fourth-order valence-electron chi connectivity index (χ4n) is 3.96. The Labute approximate surface area is 167 Å². The molecule has 0 radical (unpaired) electrons. The number of nitroso groups, excluding NO2 is 1. The second-order valence-corrected chi connectivity index (χ2v) is 8.42. The molecule has 1 aliphatic rings. The second kappa shape index (κ2) is 17.2. The lowest BCUT2D eigenvalue weighted by Gasteiger charge is -2.04. The van der Waals surface area contributed by atoms with Gasteiger partial charge in [-0.2, -0.15) is 0 Å². The van der Waals surface area contributed by atoms with E-state index in [0.29, 0.717) is 19.4 Å². The summed E-state index contributed by atoms with van der Waals surface area (Å²) in [5, 5.41) is 2.73. The number of hydrogen-bond acceptors (Lipinski definition) is 2. The van der Waals surface area contributed by atoms with Crippen molar-refractivity contribution in [2.45, 2.75) is 135 Å². The predicted octanol–water partition coefficient (Wildman–Crippen LogP) is 6.65. The van der Waals surface area contributed by atoms with Crippen molar-refractivity contribution in [2.75, 3.05) is 6.54 Å². The third-order valence-electron chi connectivity index (χ3n) is 5.80. The lowest BCUT2D eigenvalue weighted by atomic mass is 10.0. The van der Waals surface area contributed by atoms with E-state index in [1.54, 1.807) is 0 Å². The van der Waals surface area contributed by atoms with Gasteiger partial charge in [-0.1, -0.05) is 103 Å². The summed E-state index contributed by atoms with van der Waals surface area (Å²) >= 11 is 0. The van der Waals surface area contributed by atoms with Crippen LogP contribution in [0.25, 0.3) is 0 Å². The van der Waals surface area contributed by atoms with Gasteiger partial charge in [-0.05, 0) is 6.42 Å². The number of hydrogen-bond donors (Lipinski definition) is 1. The summed E-state index contributed by atoms with van der Waals surface area (Å²) in [5.74, 6) is 0.0169. The summed E-state index contributed by atoms with van der Waals surface area (Å²) in [4.78, 5) is 23.0. The molecule has 1 amide bonds. The fraction of sp³-hybridized carbons (Fsp3) is 0.957. The van der Waals surface area contributed by atoms with Crippen LogP contribution in [0.15, 0.2) is 0 Å². The smallest absolute Gasteiger partial charge is 0.276 e. The van der Waals surface area contributed by atoms with Crippen LogP contribution < -0.4 is 5.32 Å². The normalized spacial score (nSPS) is 16.6. The van der Waals surface area contributed by atoms with Gasteiger partial charge < -0.3 is 0 Å². The van der Waals surface area contributed by atoms with Gasteiger partial charge in [-0.25, -0.2) is 0 Å². The number of carbonyl (C=O) groups is 1. The lowest BCUT2D eigenvalue weighted by molar-refractivity contribution is -0.589. The third-order valence-corrected chi connectivity index (χ3v) is 5.80. The summed E-state index contributed by atoms with van der Waals surface area (Å²) < 4.78 is 1.07. The van der Waals surface area contributed by atoms with E-state index in [2.05, 4.69) is 12.2 Å². The van der Waals surface area contributed by atoms with Gasteiger partial charge in [0.1, 0.15) is 0 Å². The maximum atomic E-state index is 11.9. The molecule has 4 nitrogen and oxygen atoms in total. The first-order valence-corrected chi connectivity index (χ1v) is 12.0. The van der Waals surface area contributed by atoms with Crippen molar-refractivity contribution in [2.24, 2.45) is 0 Å². The molecule has 1 heterocycles. The molecule has 1 N–H and O–H groups in total. The Balaban J connectivity index is 1.72. The Morgan fingerprint density at radius 3 is 1.52 bits per heavy atom. The van der Waals surface area contributed by atoms with Crippen LogP contribution in [0.3, 0.4) is 0 Å². The molecule has 0 aromatic heterocycles. The van der Waals surface area contributed by atoms with Crippen LogP contribution in [-0.4, -0.2) is 23.4 Å². The average Bonchev–Trinajstić information content (AvgIpc) is 3.10. The minimum atomic E-state index is -0.265. The molecule has 0 spiro atoms. The van der Waals surface area contributed by atoms with E-state index in [1.165, 1.54) is 96.3 Å². The minimum Gasteiger partial charge on any atom is -0.295 e. The molecule has 0 bridgehead atoms. The Kier molecular flexibility index (Phi) is 15.3. The highest BCUT2D eigenvalue weighted by Crippen LogP contribution is 2.14. The number of amides is 1. The first kappa shape index (κ1) is 24.1. The van der Waals surface area contributed by atoms with Crippen LogP contribution in [-0.2, 0) is 4.79 Å². The Morgan fingerprint density at radius 2 is 1.15 bits per heavy atom. The average molecular weight is 382 g/mol. The monoisotopic (exact) mass is 381 g/mol. The van der Waals surface area contributed by atoms with Crippen molar-refractivity contribution in [3.63, 3.8) is 0 Å². The van der Waals surface area contributed by atoms with Gasteiger partial charge in [0.2, 0.25) is 5.91 Å². The fourth-order valence-corrected chi connectivity index (χ4v) is 3.96. The van der Waals surface area contributed by atoms with Crippen LogP contribution in [0.5, 0.6) is 0 Å². The predicted molar refractivity (Wildman–Crippen MR) is 114 cm³/mol. The first-order valence-electron chi connectivity index (χ1n) is 12.0. The second-order valence-electron chi connectivity index (χ2n) is 8.42. The molecule has 1 fully saturated rings. The summed E-state index contributed by atoms with van der Waals surface area (Å²) in [6.07, 6.45) is 23.9. The van der Waals surface area contributed by atoms with Crippen molar-refractivity contribution < 1.29 is 9.55 Å². The zero-order valence-electron chi connectivity index (χ0n) is 18.0. The van der Waals surface area contributed by atoms with Gasteiger partial charge >= 0.3 is 0 Å². The number of nitrogens with one attached hydrogen (secondary N) is 1. The summed E-state index contributed by atoms with van der Waals surface area (Å²) in [5.41, 5.74) is 0. The van der Waals surface area contributed by atoms with E-state index in [9.17, 15) is 9.70 Å². The Morgan fingerprint density at radius 1 is 0.741 bits per heavy atom. The van der Waals surface area contributed by atoms with Crippen molar-refractivity contribution in [3.05, 3.63) is 4.91 Å². The standard InChI is InChI=1S/C23H44N2O2/c1-2-3-4-5-6-7-8-9-10-11-12-13-14-15-16-17-18-21-25(27)22-19-20-23(26)24-22/h22H,2-21H2,1H3/p+1. The van der Waals surface area contributed by atoms with Gasteiger partial charge in [0.15, 0.2) is 6.54 Å². The van der Waals surface area contributed by atoms with Crippen molar-refractivity contribution >= 4 is 5.91 Å². The van der Waals surface area contributed by atoms with Crippen molar-refractivity contribution in [1.29, 1.82) is 0 Å². The lowest BCUT2D eigenvalue weighted by Crippen LogP contribution is -2.35. The minimum absolute atomic E-state index is 0.0169. The topological polar surface area (TPSA) is 49.2 Å². The number of unbranched alkanes of at least 4 members (excludes halogenated alkanes) is 16. The van der Waals surface area contributed by atoms with Crippen molar-refractivity contribution in [3.8, 4) is 0 Å². The van der Waals surface area contributed by atoms with Gasteiger partial charge in [0, 0.05) is 28.9 Å². The summed E-state index contributed by atoms with van der Waals surface area (Å²) in [6, 6.07) is 0. The highest BCUT2D eigenvalue weighted by molar-refractivity contribution is 5.78. The molecule has 0 aliphatic carbocycles. The molecule has 4 heteroatoms. The molecule has 27 heavy (non-hydrogen) atoms. The van der Waals surface area contributed by atoms with E-state index >= 15 is 0 Å². The molecule has 158 valence electrons. The van der Waals surface area contributed by atoms with Gasteiger partial charge in [0.25, 0.3) is 6.17 Å². The molecule has 0 saturated carbocycles. The highest BCUT2D eigenvalue weighted by atomic mass is 16.3. The Bertz CT molecular complexity index is 385. The molecule has 1 aliphatic heterocycles. The van der Waals surface area contributed by atoms with Crippen LogP contribution in [0.1, 0.15) is 129 Å². The van der Waals surface area contributed by atoms with Crippen molar-refractivity contribution in [1.82, 2.24) is 5.32 Å². The van der Waals surface area contributed by atoms with Crippen LogP contribution in [0.2, 0.25) is 0 Å².